The Morgan fingerprint density at radius 3 is 2.29 bits per heavy atom. The third kappa shape index (κ3) is 4.85. The largest absolute Gasteiger partial charge is 0.398 e. The van der Waals surface area contributed by atoms with Crippen molar-refractivity contribution in [3.8, 4) is 0 Å². The van der Waals surface area contributed by atoms with Crippen molar-refractivity contribution in [1.82, 2.24) is 10.6 Å². The van der Waals surface area contributed by atoms with Crippen molar-refractivity contribution >= 4 is 34.8 Å². The molecule has 1 aliphatic rings. The van der Waals surface area contributed by atoms with Crippen LogP contribution in [0.4, 0.5) is 11.4 Å². The van der Waals surface area contributed by atoms with E-state index in [1.807, 2.05) is 0 Å². The van der Waals surface area contributed by atoms with Crippen molar-refractivity contribution in [3.05, 3.63) is 23.2 Å². The van der Waals surface area contributed by atoms with Gasteiger partial charge in [-0.25, -0.2) is 0 Å². The summed E-state index contributed by atoms with van der Waals surface area (Å²) in [5.74, 6) is -1.37. The molecule has 0 aromatic heterocycles. The van der Waals surface area contributed by atoms with Gasteiger partial charge in [-0.05, 0) is 58.7 Å². The van der Waals surface area contributed by atoms with Crippen LogP contribution in [0.15, 0.2) is 18.2 Å². The summed E-state index contributed by atoms with van der Waals surface area (Å²) in [6.07, 6.45) is 1.51. The number of nitrogens with one attached hydrogen (secondary N) is 3. The predicted octanol–water partition coefficient (Wildman–Crippen LogP) is 2.29. The Bertz CT molecular complexity index is 642. The number of amides is 2. The molecule has 132 valence electrons. The Labute approximate surface area is 147 Å². The van der Waals surface area contributed by atoms with Gasteiger partial charge in [0.1, 0.15) is 0 Å². The second-order valence-corrected chi connectivity index (χ2v) is 8.07. The lowest BCUT2D eigenvalue weighted by Gasteiger charge is -2.46. The maximum Gasteiger partial charge on any atom is 0.313 e. The van der Waals surface area contributed by atoms with E-state index in [1.54, 1.807) is 12.1 Å². The number of rotatable bonds is 2. The lowest BCUT2D eigenvalue weighted by Crippen LogP contribution is -2.62. The van der Waals surface area contributed by atoms with E-state index in [0.717, 1.165) is 12.8 Å². The van der Waals surface area contributed by atoms with Gasteiger partial charge in [0, 0.05) is 22.8 Å². The first kappa shape index (κ1) is 18.5. The average molecular weight is 353 g/mol. The standard InChI is InChI=1S/C17H25ClN4O2/c1-16(2)8-11(9-17(3,4)22-16)21-15(24)14(23)20-10-5-6-13(19)12(18)7-10/h5-7,11,22H,8-9,19H2,1-4H3,(H,20,23)(H,21,24). The minimum Gasteiger partial charge on any atom is -0.398 e. The zero-order chi connectivity index (χ0) is 18.1. The Morgan fingerprint density at radius 2 is 1.75 bits per heavy atom. The van der Waals surface area contributed by atoms with Crippen LogP contribution in [0.5, 0.6) is 0 Å². The number of hydrogen-bond donors (Lipinski definition) is 4. The van der Waals surface area contributed by atoms with Gasteiger partial charge in [-0.1, -0.05) is 11.6 Å². The number of carbonyl (C=O) groups is 2. The molecule has 1 saturated heterocycles. The Morgan fingerprint density at radius 1 is 1.17 bits per heavy atom. The topological polar surface area (TPSA) is 96.2 Å². The molecule has 1 aromatic rings. The van der Waals surface area contributed by atoms with Crippen molar-refractivity contribution in [2.75, 3.05) is 11.1 Å². The molecule has 1 aromatic carbocycles. The maximum atomic E-state index is 12.2. The number of nitrogen functional groups attached to an aromatic ring is 1. The fourth-order valence-electron chi connectivity index (χ4n) is 3.47. The van der Waals surface area contributed by atoms with Gasteiger partial charge < -0.3 is 21.7 Å². The van der Waals surface area contributed by atoms with Crippen LogP contribution in [-0.2, 0) is 9.59 Å². The minimum atomic E-state index is -0.718. The number of piperidine rings is 1. The summed E-state index contributed by atoms with van der Waals surface area (Å²) in [4.78, 5) is 24.3. The molecular formula is C17H25ClN4O2. The highest BCUT2D eigenvalue weighted by Crippen LogP contribution is 2.28. The van der Waals surface area contributed by atoms with Crippen LogP contribution in [-0.4, -0.2) is 28.9 Å². The summed E-state index contributed by atoms with van der Waals surface area (Å²) in [6.45, 7) is 8.35. The molecule has 1 fully saturated rings. The molecule has 0 radical (unpaired) electrons. The molecule has 24 heavy (non-hydrogen) atoms. The number of halogens is 1. The molecule has 1 aliphatic heterocycles. The van der Waals surface area contributed by atoms with E-state index in [1.165, 1.54) is 6.07 Å². The van der Waals surface area contributed by atoms with Crippen LogP contribution >= 0.6 is 11.6 Å². The fourth-order valence-corrected chi connectivity index (χ4v) is 3.65. The highest BCUT2D eigenvalue weighted by atomic mass is 35.5. The fraction of sp³-hybridized carbons (Fsp3) is 0.529. The molecule has 0 spiro atoms. The maximum absolute atomic E-state index is 12.2. The molecule has 7 heteroatoms. The van der Waals surface area contributed by atoms with Gasteiger partial charge in [0.15, 0.2) is 0 Å². The normalized spacial score (nSPS) is 19.5. The quantitative estimate of drug-likeness (QED) is 0.485. The molecule has 6 nitrogen and oxygen atoms in total. The molecule has 0 atom stereocenters. The van der Waals surface area contributed by atoms with Gasteiger partial charge in [0.25, 0.3) is 0 Å². The van der Waals surface area contributed by atoms with E-state index in [4.69, 9.17) is 17.3 Å². The second-order valence-electron chi connectivity index (χ2n) is 7.66. The number of hydrogen-bond acceptors (Lipinski definition) is 4. The summed E-state index contributed by atoms with van der Waals surface area (Å²) in [5, 5.41) is 9.23. The van der Waals surface area contributed by atoms with Crippen LogP contribution in [0.25, 0.3) is 0 Å². The van der Waals surface area contributed by atoms with E-state index in [-0.39, 0.29) is 17.1 Å². The smallest absolute Gasteiger partial charge is 0.313 e. The second kappa shape index (κ2) is 6.61. The Kier molecular flexibility index (Phi) is 5.11. The van der Waals surface area contributed by atoms with Gasteiger partial charge in [-0.3, -0.25) is 9.59 Å². The predicted molar refractivity (Wildman–Crippen MR) is 97.0 cm³/mol. The molecule has 5 N–H and O–H groups in total. The molecule has 0 aliphatic carbocycles. The summed E-state index contributed by atoms with van der Waals surface area (Å²) in [7, 11) is 0. The monoisotopic (exact) mass is 352 g/mol. The lowest BCUT2D eigenvalue weighted by molar-refractivity contribution is -0.137. The van der Waals surface area contributed by atoms with Crippen molar-refractivity contribution in [3.63, 3.8) is 0 Å². The van der Waals surface area contributed by atoms with Crippen LogP contribution in [0.2, 0.25) is 5.02 Å². The third-order valence-corrected chi connectivity index (χ3v) is 4.32. The van der Waals surface area contributed by atoms with Crippen molar-refractivity contribution < 1.29 is 9.59 Å². The van der Waals surface area contributed by atoms with Crippen molar-refractivity contribution in [1.29, 1.82) is 0 Å². The highest BCUT2D eigenvalue weighted by Gasteiger charge is 2.38. The van der Waals surface area contributed by atoms with Gasteiger partial charge in [0.2, 0.25) is 0 Å². The van der Waals surface area contributed by atoms with E-state index >= 15 is 0 Å². The van der Waals surface area contributed by atoms with Crippen molar-refractivity contribution in [2.24, 2.45) is 0 Å². The number of nitrogens with two attached hydrogens (primary N) is 1. The zero-order valence-electron chi connectivity index (χ0n) is 14.5. The molecular weight excluding hydrogens is 328 g/mol. The van der Waals surface area contributed by atoms with Gasteiger partial charge >= 0.3 is 11.8 Å². The summed E-state index contributed by atoms with van der Waals surface area (Å²) in [6, 6.07) is 4.62. The number of benzene rings is 1. The van der Waals surface area contributed by atoms with Gasteiger partial charge in [0.05, 0.1) is 10.7 Å². The molecule has 0 saturated carbocycles. The Balaban J connectivity index is 1.98. The van der Waals surface area contributed by atoms with E-state index in [9.17, 15) is 9.59 Å². The summed E-state index contributed by atoms with van der Waals surface area (Å²) < 4.78 is 0. The minimum absolute atomic E-state index is 0.0653. The molecule has 1 heterocycles. The van der Waals surface area contributed by atoms with E-state index in [2.05, 4.69) is 43.6 Å². The SMILES string of the molecule is CC1(C)CC(NC(=O)C(=O)Nc2ccc(N)c(Cl)c2)CC(C)(C)N1. The van der Waals surface area contributed by atoms with Crippen LogP contribution in [0, 0.1) is 0 Å². The zero-order valence-corrected chi connectivity index (χ0v) is 15.3. The van der Waals surface area contributed by atoms with Crippen LogP contribution in [0.3, 0.4) is 0 Å². The van der Waals surface area contributed by atoms with Gasteiger partial charge in [-0.15, -0.1) is 0 Å². The average Bonchev–Trinajstić information content (AvgIpc) is 2.39. The molecule has 0 unspecified atom stereocenters. The summed E-state index contributed by atoms with van der Waals surface area (Å²) >= 11 is 5.91. The number of anilines is 2. The molecule has 0 bridgehead atoms. The number of carbonyl (C=O) groups excluding carboxylic acids is 2. The Hall–Kier alpha value is -1.79. The van der Waals surface area contributed by atoms with E-state index < -0.39 is 11.8 Å². The van der Waals surface area contributed by atoms with Crippen LogP contribution < -0.4 is 21.7 Å². The lowest BCUT2D eigenvalue weighted by atomic mass is 9.79. The first-order chi connectivity index (χ1) is 11.0. The first-order valence-corrected chi connectivity index (χ1v) is 8.31. The van der Waals surface area contributed by atoms with Crippen LogP contribution in [0.1, 0.15) is 40.5 Å². The summed E-state index contributed by atoms with van der Waals surface area (Å²) in [5.41, 5.74) is 6.25. The first-order valence-electron chi connectivity index (χ1n) is 7.94. The molecule has 2 amide bonds. The highest BCUT2D eigenvalue weighted by molar-refractivity contribution is 6.40. The van der Waals surface area contributed by atoms with E-state index in [0.29, 0.717) is 16.4 Å². The van der Waals surface area contributed by atoms with Crippen molar-refractivity contribution in [2.45, 2.75) is 57.7 Å². The molecule has 2 rings (SSSR count). The third-order valence-electron chi connectivity index (χ3n) is 3.99. The van der Waals surface area contributed by atoms with Gasteiger partial charge in [-0.2, -0.15) is 0 Å².